The summed E-state index contributed by atoms with van der Waals surface area (Å²) in [5.74, 6) is 0.832. The van der Waals surface area contributed by atoms with Gasteiger partial charge < -0.3 is 0 Å². The first kappa shape index (κ1) is 14.2. The van der Waals surface area contributed by atoms with E-state index in [-0.39, 0.29) is 0 Å². The molecule has 0 saturated carbocycles. The molecule has 0 aliphatic heterocycles. The Morgan fingerprint density at radius 1 is 1.27 bits per heavy atom. The summed E-state index contributed by atoms with van der Waals surface area (Å²) in [6.07, 6.45) is 10.3. The molecule has 0 amide bonds. The Balaban J connectivity index is 3.60. The van der Waals surface area contributed by atoms with Gasteiger partial charge in [0, 0.05) is 0 Å². The van der Waals surface area contributed by atoms with E-state index in [0.29, 0.717) is 0 Å². The minimum atomic E-state index is 0.832. The lowest BCUT2D eigenvalue weighted by Crippen LogP contribution is -1.87. The molecule has 0 aliphatic carbocycles. The predicted molar refractivity (Wildman–Crippen MR) is 71.0 cm³/mol. The molecule has 0 aromatic carbocycles. The van der Waals surface area contributed by atoms with Crippen LogP contribution in [-0.2, 0) is 0 Å². The van der Waals surface area contributed by atoms with Crippen molar-refractivity contribution in [3.63, 3.8) is 0 Å². The Bertz CT molecular complexity index is 218. The average Bonchev–Trinajstić information content (AvgIpc) is 2.17. The zero-order valence-corrected chi connectivity index (χ0v) is 10.7. The van der Waals surface area contributed by atoms with Gasteiger partial charge in [-0.25, -0.2) is 0 Å². The minimum Gasteiger partial charge on any atom is -0.0988 e. The zero-order valence-electron chi connectivity index (χ0n) is 10.7. The molecule has 0 nitrogen and oxygen atoms in total. The maximum atomic E-state index is 3.91. The van der Waals surface area contributed by atoms with Gasteiger partial charge in [-0.05, 0) is 38.5 Å². The summed E-state index contributed by atoms with van der Waals surface area (Å²) in [6.45, 7) is 14.4. The molecule has 0 N–H and O–H groups in total. The highest BCUT2D eigenvalue weighted by molar-refractivity contribution is 5.12. The molecule has 0 aromatic rings. The zero-order chi connectivity index (χ0) is 11.7. The van der Waals surface area contributed by atoms with Crippen LogP contribution in [0.25, 0.3) is 0 Å². The third-order valence-corrected chi connectivity index (χ3v) is 2.60. The van der Waals surface area contributed by atoms with Crippen LogP contribution >= 0.6 is 0 Å². The summed E-state index contributed by atoms with van der Waals surface area (Å²) in [5, 5.41) is 0. The summed E-state index contributed by atoms with van der Waals surface area (Å²) in [6, 6.07) is 0. The molecular weight excluding hydrogens is 180 g/mol. The van der Waals surface area contributed by atoms with Crippen LogP contribution in [0.3, 0.4) is 0 Å². The highest BCUT2D eigenvalue weighted by atomic mass is 14.0. The first-order valence-electron chi connectivity index (χ1n) is 6.02. The molecule has 0 rings (SSSR count). The molecule has 0 aromatic heterocycles. The van der Waals surface area contributed by atoms with E-state index in [1.807, 2.05) is 6.08 Å². The van der Waals surface area contributed by atoms with Gasteiger partial charge >= 0.3 is 0 Å². The van der Waals surface area contributed by atoms with Crippen LogP contribution in [0.15, 0.2) is 36.5 Å². The topological polar surface area (TPSA) is 0 Å². The normalized spacial score (nSPS) is 11.9. The van der Waals surface area contributed by atoms with Crippen molar-refractivity contribution in [2.45, 2.75) is 52.9 Å². The van der Waals surface area contributed by atoms with E-state index >= 15 is 0 Å². The van der Waals surface area contributed by atoms with Crippen molar-refractivity contribution in [3.8, 4) is 0 Å². The summed E-state index contributed by atoms with van der Waals surface area (Å²) in [4.78, 5) is 0. The maximum absolute atomic E-state index is 3.91. The van der Waals surface area contributed by atoms with Crippen LogP contribution in [0.4, 0.5) is 0 Å². The standard InChI is InChI=1S/C15H26/c1-6-14(4)10-8-12-15(5)11-7-9-13(2)3/h6,12-13H,1,4,7-11H2,2-3,5H3/b15-12-. The SMILES string of the molecule is C=CC(=C)CC/C=C(/C)CCCC(C)C. The molecular formula is C15H26. The van der Waals surface area contributed by atoms with Crippen molar-refractivity contribution in [3.05, 3.63) is 36.5 Å². The van der Waals surface area contributed by atoms with Gasteiger partial charge in [-0.2, -0.15) is 0 Å². The average molecular weight is 206 g/mol. The Labute approximate surface area is 95.8 Å². The van der Waals surface area contributed by atoms with Crippen LogP contribution in [0, 0.1) is 5.92 Å². The fraction of sp³-hybridized carbons (Fsp3) is 0.600. The lowest BCUT2D eigenvalue weighted by Gasteiger charge is -2.04. The number of rotatable bonds is 8. The number of hydrogen-bond donors (Lipinski definition) is 0. The van der Waals surface area contributed by atoms with E-state index in [4.69, 9.17) is 0 Å². The van der Waals surface area contributed by atoms with Crippen molar-refractivity contribution >= 4 is 0 Å². The van der Waals surface area contributed by atoms with E-state index in [2.05, 4.69) is 40.0 Å². The third kappa shape index (κ3) is 9.52. The molecule has 86 valence electrons. The van der Waals surface area contributed by atoms with Crippen molar-refractivity contribution in [2.75, 3.05) is 0 Å². The quantitative estimate of drug-likeness (QED) is 0.374. The fourth-order valence-corrected chi connectivity index (χ4v) is 1.50. The maximum Gasteiger partial charge on any atom is -0.0250 e. The molecule has 0 spiro atoms. The lowest BCUT2D eigenvalue weighted by molar-refractivity contribution is 0.554. The Hall–Kier alpha value is -0.780. The second-order valence-corrected chi connectivity index (χ2v) is 4.74. The van der Waals surface area contributed by atoms with E-state index in [1.165, 1.54) is 24.8 Å². The highest BCUT2D eigenvalue weighted by Crippen LogP contribution is 2.13. The van der Waals surface area contributed by atoms with Crippen molar-refractivity contribution in [2.24, 2.45) is 5.92 Å². The second kappa shape index (κ2) is 8.52. The summed E-state index contributed by atoms with van der Waals surface area (Å²) >= 11 is 0. The van der Waals surface area contributed by atoms with E-state index < -0.39 is 0 Å². The molecule has 0 heteroatoms. The van der Waals surface area contributed by atoms with Gasteiger partial charge in [0.25, 0.3) is 0 Å². The van der Waals surface area contributed by atoms with Gasteiger partial charge in [0.1, 0.15) is 0 Å². The smallest absolute Gasteiger partial charge is 0.0250 e. The number of allylic oxidation sites excluding steroid dienone is 4. The molecule has 0 saturated heterocycles. The first-order chi connectivity index (χ1) is 7.06. The number of hydrogen-bond acceptors (Lipinski definition) is 0. The van der Waals surface area contributed by atoms with Gasteiger partial charge in [0.15, 0.2) is 0 Å². The van der Waals surface area contributed by atoms with E-state index in [1.54, 1.807) is 0 Å². The molecule has 0 heterocycles. The molecule has 0 unspecified atom stereocenters. The van der Waals surface area contributed by atoms with Gasteiger partial charge in [0.05, 0.1) is 0 Å². The first-order valence-corrected chi connectivity index (χ1v) is 6.02. The lowest BCUT2D eigenvalue weighted by atomic mass is 10.0. The van der Waals surface area contributed by atoms with Crippen LogP contribution in [0.1, 0.15) is 52.9 Å². The summed E-state index contributed by atoms with van der Waals surface area (Å²) in [7, 11) is 0. The molecule has 0 aliphatic rings. The Kier molecular flexibility index (Phi) is 8.08. The van der Waals surface area contributed by atoms with Gasteiger partial charge in [-0.1, -0.05) is 56.7 Å². The van der Waals surface area contributed by atoms with Crippen LogP contribution in [-0.4, -0.2) is 0 Å². The van der Waals surface area contributed by atoms with Gasteiger partial charge in [0.2, 0.25) is 0 Å². The van der Waals surface area contributed by atoms with Crippen LogP contribution < -0.4 is 0 Å². The third-order valence-electron chi connectivity index (χ3n) is 2.60. The predicted octanol–water partition coefficient (Wildman–Crippen LogP) is 5.28. The fourth-order valence-electron chi connectivity index (χ4n) is 1.50. The van der Waals surface area contributed by atoms with Gasteiger partial charge in [-0.3, -0.25) is 0 Å². The monoisotopic (exact) mass is 206 g/mol. The van der Waals surface area contributed by atoms with Crippen molar-refractivity contribution in [1.29, 1.82) is 0 Å². The van der Waals surface area contributed by atoms with Gasteiger partial charge in [-0.15, -0.1) is 0 Å². The van der Waals surface area contributed by atoms with Crippen molar-refractivity contribution < 1.29 is 0 Å². The Morgan fingerprint density at radius 2 is 1.93 bits per heavy atom. The second-order valence-electron chi connectivity index (χ2n) is 4.74. The molecule has 0 radical (unpaired) electrons. The van der Waals surface area contributed by atoms with E-state index in [0.717, 1.165) is 24.3 Å². The largest absolute Gasteiger partial charge is 0.0988 e. The molecule has 0 atom stereocenters. The van der Waals surface area contributed by atoms with Crippen molar-refractivity contribution in [1.82, 2.24) is 0 Å². The molecule has 0 bridgehead atoms. The van der Waals surface area contributed by atoms with Crippen LogP contribution in [0.5, 0.6) is 0 Å². The summed E-state index contributed by atoms with van der Waals surface area (Å²) in [5.41, 5.74) is 2.66. The summed E-state index contributed by atoms with van der Waals surface area (Å²) < 4.78 is 0. The van der Waals surface area contributed by atoms with E-state index in [9.17, 15) is 0 Å². The highest BCUT2D eigenvalue weighted by Gasteiger charge is 1.95. The van der Waals surface area contributed by atoms with Crippen LogP contribution in [0.2, 0.25) is 0 Å². The molecule has 15 heavy (non-hydrogen) atoms. The minimum absolute atomic E-state index is 0.832. The Morgan fingerprint density at radius 3 is 2.47 bits per heavy atom. The molecule has 0 fully saturated rings.